The molecule has 7 heteroatoms. The Labute approximate surface area is 166 Å². The van der Waals surface area contributed by atoms with Crippen LogP contribution < -0.4 is 0 Å². The molecule has 0 saturated carbocycles. The van der Waals surface area contributed by atoms with Gasteiger partial charge in [-0.2, -0.15) is 0 Å². The zero-order valence-electron chi connectivity index (χ0n) is 15.4. The topological polar surface area (TPSA) is 79.5 Å². The number of phenols is 1. The van der Waals surface area contributed by atoms with Gasteiger partial charge in [0.15, 0.2) is 0 Å². The highest BCUT2D eigenvalue weighted by Gasteiger charge is 2.29. The van der Waals surface area contributed by atoms with Gasteiger partial charge in [0.1, 0.15) is 11.6 Å². The summed E-state index contributed by atoms with van der Waals surface area (Å²) in [5, 5.41) is 20.0. The third kappa shape index (κ3) is 3.36. The standard InChI is InChI=1S/C21H19ClFNO4/c1-3-4-14(21(27)28)19-11(2)24(18-8-6-13(25)10-15(18)19)20(26)12-5-7-16(22)17(23)9-12/h5-10,14,25H,3-4H2,1-2H3,(H,27,28). The number of aromatic nitrogens is 1. The van der Waals surface area contributed by atoms with Gasteiger partial charge in [0.05, 0.1) is 16.5 Å². The molecule has 0 bridgehead atoms. The van der Waals surface area contributed by atoms with Crippen molar-refractivity contribution in [1.82, 2.24) is 4.57 Å². The lowest BCUT2D eigenvalue weighted by atomic mass is 9.92. The van der Waals surface area contributed by atoms with Crippen LogP contribution >= 0.6 is 11.6 Å². The molecule has 0 fully saturated rings. The van der Waals surface area contributed by atoms with E-state index in [1.54, 1.807) is 13.0 Å². The van der Waals surface area contributed by atoms with Gasteiger partial charge in [-0.25, -0.2) is 4.39 Å². The summed E-state index contributed by atoms with van der Waals surface area (Å²) in [6.45, 7) is 3.53. The average molecular weight is 404 g/mol. The number of phenolic OH excluding ortho intramolecular Hbond substituents is 1. The number of aromatic hydroxyl groups is 1. The molecule has 0 aliphatic carbocycles. The van der Waals surface area contributed by atoms with Crippen molar-refractivity contribution in [3.63, 3.8) is 0 Å². The van der Waals surface area contributed by atoms with Crippen LogP contribution in [0.3, 0.4) is 0 Å². The fourth-order valence-electron chi connectivity index (χ4n) is 3.57. The van der Waals surface area contributed by atoms with E-state index in [0.29, 0.717) is 35.0 Å². The lowest BCUT2D eigenvalue weighted by Gasteiger charge is -2.13. The molecule has 1 atom stereocenters. The Kier molecular flexibility index (Phi) is 5.42. The van der Waals surface area contributed by atoms with E-state index >= 15 is 0 Å². The summed E-state index contributed by atoms with van der Waals surface area (Å²) in [6, 6.07) is 8.20. The Hall–Kier alpha value is -2.86. The summed E-state index contributed by atoms with van der Waals surface area (Å²) in [4.78, 5) is 25.0. The van der Waals surface area contributed by atoms with E-state index in [9.17, 15) is 24.2 Å². The van der Waals surface area contributed by atoms with E-state index in [1.807, 2.05) is 6.92 Å². The fourth-order valence-corrected chi connectivity index (χ4v) is 3.69. The van der Waals surface area contributed by atoms with Crippen LogP contribution in [0.25, 0.3) is 10.9 Å². The zero-order valence-corrected chi connectivity index (χ0v) is 16.1. The molecule has 1 unspecified atom stereocenters. The van der Waals surface area contributed by atoms with Gasteiger partial charge < -0.3 is 10.2 Å². The molecule has 3 rings (SSSR count). The Balaban J connectivity index is 2.28. The van der Waals surface area contributed by atoms with Crippen LogP contribution in [0.1, 0.15) is 47.3 Å². The molecule has 1 aromatic heterocycles. The summed E-state index contributed by atoms with van der Waals surface area (Å²) in [5.74, 6) is -3.08. The molecule has 3 aromatic rings. The van der Waals surface area contributed by atoms with Crippen LogP contribution in [0.4, 0.5) is 4.39 Å². The predicted molar refractivity (Wildman–Crippen MR) is 105 cm³/mol. The molecule has 0 saturated heterocycles. The molecule has 0 aliphatic heterocycles. The second-order valence-corrected chi connectivity index (χ2v) is 7.06. The van der Waals surface area contributed by atoms with Gasteiger partial charge in [0.2, 0.25) is 0 Å². The van der Waals surface area contributed by atoms with Crippen molar-refractivity contribution >= 4 is 34.4 Å². The van der Waals surface area contributed by atoms with Crippen molar-refractivity contribution in [3.8, 4) is 5.75 Å². The van der Waals surface area contributed by atoms with Gasteiger partial charge in [-0.3, -0.25) is 14.2 Å². The van der Waals surface area contributed by atoms with Crippen molar-refractivity contribution in [2.24, 2.45) is 0 Å². The number of carbonyl (C=O) groups is 2. The van der Waals surface area contributed by atoms with Crippen LogP contribution in [0, 0.1) is 12.7 Å². The maximum atomic E-state index is 13.9. The van der Waals surface area contributed by atoms with E-state index in [-0.39, 0.29) is 16.3 Å². The number of halogens is 2. The average Bonchev–Trinajstić information content (AvgIpc) is 2.92. The number of hydrogen-bond acceptors (Lipinski definition) is 3. The largest absolute Gasteiger partial charge is 0.508 e. The molecule has 2 aromatic carbocycles. The first kappa shape index (κ1) is 19.9. The zero-order chi connectivity index (χ0) is 20.6. The van der Waals surface area contributed by atoms with Crippen LogP contribution in [0.15, 0.2) is 36.4 Å². The van der Waals surface area contributed by atoms with Crippen molar-refractivity contribution in [2.75, 3.05) is 0 Å². The number of aliphatic carboxylic acids is 1. The summed E-state index contributed by atoms with van der Waals surface area (Å²) >= 11 is 5.70. The third-order valence-electron chi connectivity index (χ3n) is 4.83. The van der Waals surface area contributed by atoms with Gasteiger partial charge in [-0.15, -0.1) is 0 Å². The highest BCUT2D eigenvalue weighted by molar-refractivity contribution is 6.30. The van der Waals surface area contributed by atoms with Crippen LogP contribution in [0.5, 0.6) is 5.75 Å². The highest BCUT2D eigenvalue weighted by Crippen LogP contribution is 2.36. The molecule has 5 nitrogen and oxygen atoms in total. The van der Waals surface area contributed by atoms with Gasteiger partial charge in [0, 0.05) is 16.6 Å². The van der Waals surface area contributed by atoms with Crippen LogP contribution in [0.2, 0.25) is 5.02 Å². The smallest absolute Gasteiger partial charge is 0.311 e. The molecule has 1 heterocycles. The number of carboxylic acids is 1. The lowest BCUT2D eigenvalue weighted by molar-refractivity contribution is -0.139. The number of nitrogens with zero attached hydrogens (tertiary/aromatic N) is 1. The molecule has 146 valence electrons. The SMILES string of the molecule is CCCC(C(=O)O)c1c(C)n(C(=O)c2ccc(Cl)c(F)c2)c2ccc(O)cc12. The minimum Gasteiger partial charge on any atom is -0.508 e. The van der Waals surface area contributed by atoms with Crippen LogP contribution in [-0.4, -0.2) is 26.7 Å². The maximum absolute atomic E-state index is 13.9. The Morgan fingerprint density at radius 1 is 1.21 bits per heavy atom. The first-order valence-electron chi connectivity index (χ1n) is 8.82. The number of rotatable bonds is 5. The van der Waals surface area contributed by atoms with Gasteiger partial charge >= 0.3 is 5.97 Å². The van der Waals surface area contributed by atoms with E-state index in [1.165, 1.54) is 28.8 Å². The first-order valence-corrected chi connectivity index (χ1v) is 9.20. The normalized spacial score (nSPS) is 12.3. The second kappa shape index (κ2) is 7.64. The Morgan fingerprint density at radius 2 is 1.93 bits per heavy atom. The molecule has 0 aliphatic rings. The van der Waals surface area contributed by atoms with Crippen LogP contribution in [-0.2, 0) is 4.79 Å². The number of carboxylic acid groups (broad SMARTS) is 1. The predicted octanol–water partition coefficient (Wildman–Crippen LogP) is 5.10. The maximum Gasteiger partial charge on any atom is 0.311 e. The number of carbonyl (C=O) groups excluding carboxylic acids is 1. The summed E-state index contributed by atoms with van der Waals surface area (Å²) in [6.07, 6.45) is 1.02. The minimum atomic E-state index is -1.00. The van der Waals surface area contributed by atoms with Crippen molar-refractivity contribution in [3.05, 3.63) is 64.1 Å². The monoisotopic (exact) mass is 403 g/mol. The molecule has 0 spiro atoms. The summed E-state index contributed by atoms with van der Waals surface area (Å²) < 4.78 is 15.2. The van der Waals surface area contributed by atoms with Crippen molar-refractivity contribution in [1.29, 1.82) is 0 Å². The minimum absolute atomic E-state index is 0.0310. The Bertz CT molecular complexity index is 1090. The number of fused-ring (bicyclic) bond motifs is 1. The van der Waals surface area contributed by atoms with E-state index in [2.05, 4.69) is 0 Å². The first-order chi connectivity index (χ1) is 13.3. The molecular formula is C21H19ClFNO4. The van der Waals surface area contributed by atoms with E-state index in [4.69, 9.17) is 11.6 Å². The lowest BCUT2D eigenvalue weighted by Crippen LogP contribution is -2.16. The van der Waals surface area contributed by atoms with E-state index < -0.39 is 23.6 Å². The van der Waals surface area contributed by atoms with Gasteiger partial charge in [0.25, 0.3) is 5.91 Å². The number of benzene rings is 2. The number of hydrogen-bond donors (Lipinski definition) is 2. The second-order valence-electron chi connectivity index (χ2n) is 6.65. The summed E-state index contributed by atoms with van der Waals surface area (Å²) in [5.41, 5.74) is 1.46. The van der Waals surface area contributed by atoms with Crippen molar-refractivity contribution in [2.45, 2.75) is 32.6 Å². The molecule has 28 heavy (non-hydrogen) atoms. The third-order valence-corrected chi connectivity index (χ3v) is 5.14. The van der Waals surface area contributed by atoms with E-state index in [0.717, 1.165) is 6.07 Å². The molecule has 0 radical (unpaired) electrons. The quantitative estimate of drug-likeness (QED) is 0.620. The highest BCUT2D eigenvalue weighted by atomic mass is 35.5. The Morgan fingerprint density at radius 3 is 2.54 bits per heavy atom. The molecule has 0 amide bonds. The molecular weight excluding hydrogens is 385 g/mol. The fraction of sp³-hybridized carbons (Fsp3) is 0.238. The molecule has 2 N–H and O–H groups in total. The van der Waals surface area contributed by atoms with Gasteiger partial charge in [-0.05, 0) is 55.3 Å². The van der Waals surface area contributed by atoms with Gasteiger partial charge in [-0.1, -0.05) is 24.9 Å². The summed E-state index contributed by atoms with van der Waals surface area (Å²) in [7, 11) is 0. The van der Waals surface area contributed by atoms with Crippen molar-refractivity contribution < 1.29 is 24.2 Å².